The van der Waals surface area contributed by atoms with Gasteiger partial charge in [0.05, 0.1) is 5.69 Å². The summed E-state index contributed by atoms with van der Waals surface area (Å²) >= 11 is 8.88. The second-order valence-electron chi connectivity index (χ2n) is 4.12. The largest absolute Gasteiger partial charge is 0.369 e. The summed E-state index contributed by atoms with van der Waals surface area (Å²) in [5, 5.41) is 0.138. The number of hydrogen-bond donors (Lipinski definition) is 1. The van der Waals surface area contributed by atoms with E-state index < -0.39 is 30.1 Å². The van der Waals surface area contributed by atoms with Crippen LogP contribution < -0.4 is 5.73 Å². The summed E-state index contributed by atoms with van der Waals surface area (Å²) in [4.78, 5) is 15.4. The Morgan fingerprint density at radius 3 is 2.53 bits per heavy atom. The molecule has 0 spiro atoms. The molecule has 1 heterocycles. The minimum Gasteiger partial charge on any atom is -0.369 e. The molecule has 7 heteroatoms. The van der Waals surface area contributed by atoms with E-state index in [9.17, 15) is 13.6 Å². The Bertz CT molecular complexity index is 487. The number of pyridine rings is 1. The van der Waals surface area contributed by atoms with Crippen molar-refractivity contribution in [3.05, 3.63) is 27.5 Å². The molecule has 0 radical (unpaired) electrons. The number of hydrogen-bond acceptors (Lipinski definition) is 2. The smallest absolute Gasteiger partial charge is 0.251 e. The third-order valence-electron chi connectivity index (χ3n) is 2.86. The Kier molecular flexibility index (Phi) is 2.90. The lowest BCUT2D eigenvalue weighted by Gasteiger charge is -2.44. The molecule has 2 N–H and O–H groups in total. The summed E-state index contributed by atoms with van der Waals surface area (Å²) < 4.78 is 26.5. The number of alkyl halides is 2. The van der Waals surface area contributed by atoms with Crippen LogP contribution in [-0.4, -0.2) is 16.8 Å². The first kappa shape index (κ1) is 12.7. The number of carbonyl (C=O) groups excluding carboxylic acids is 1. The zero-order chi connectivity index (χ0) is 12.8. The van der Waals surface area contributed by atoms with E-state index in [-0.39, 0.29) is 10.8 Å². The lowest BCUT2D eigenvalue weighted by atomic mass is 9.63. The van der Waals surface area contributed by atoms with Gasteiger partial charge in [-0.05, 0) is 28.1 Å². The van der Waals surface area contributed by atoms with E-state index in [2.05, 4.69) is 20.9 Å². The second-order valence-corrected chi connectivity index (χ2v) is 5.36. The molecule has 0 aliphatic heterocycles. The first-order valence-corrected chi connectivity index (χ1v) is 5.94. The highest BCUT2D eigenvalue weighted by Crippen LogP contribution is 2.54. The summed E-state index contributed by atoms with van der Waals surface area (Å²) in [5.41, 5.74) is 3.99. The molecule has 1 aliphatic rings. The number of primary amides is 1. The number of aromatic nitrogens is 1. The van der Waals surface area contributed by atoms with Gasteiger partial charge in [0.25, 0.3) is 5.92 Å². The van der Waals surface area contributed by atoms with Crippen LogP contribution in [0.15, 0.2) is 16.6 Å². The zero-order valence-electron chi connectivity index (χ0n) is 8.51. The molecular formula is C10H8BrClF2N2O. The van der Waals surface area contributed by atoms with E-state index >= 15 is 0 Å². The number of halogens is 4. The van der Waals surface area contributed by atoms with E-state index in [0.717, 1.165) is 0 Å². The molecule has 17 heavy (non-hydrogen) atoms. The highest BCUT2D eigenvalue weighted by molar-refractivity contribution is 9.10. The SMILES string of the molecule is NC(=O)C1(c2nc(Cl)ccc2Br)CC(F)(F)C1. The average Bonchev–Trinajstić information content (AvgIpc) is 2.17. The summed E-state index contributed by atoms with van der Waals surface area (Å²) in [6, 6.07) is 3.06. The Morgan fingerprint density at radius 1 is 1.47 bits per heavy atom. The third kappa shape index (κ3) is 2.04. The maximum absolute atomic E-state index is 13.0. The normalized spacial score (nSPS) is 20.7. The van der Waals surface area contributed by atoms with Gasteiger partial charge in [-0.3, -0.25) is 4.79 Å². The fraction of sp³-hybridized carbons (Fsp3) is 0.400. The van der Waals surface area contributed by atoms with Gasteiger partial charge in [0.1, 0.15) is 10.6 Å². The van der Waals surface area contributed by atoms with Gasteiger partial charge in [0.2, 0.25) is 5.91 Å². The standard InChI is InChI=1S/C10H8BrClF2N2O/c11-5-1-2-6(12)16-7(5)9(8(15)17)3-10(13,14)4-9/h1-2H,3-4H2,(H2,15,17). The van der Waals surface area contributed by atoms with E-state index in [0.29, 0.717) is 4.47 Å². The van der Waals surface area contributed by atoms with Gasteiger partial charge in [-0.25, -0.2) is 13.8 Å². The molecule has 0 aromatic carbocycles. The molecule has 2 rings (SSSR count). The van der Waals surface area contributed by atoms with Crippen molar-refractivity contribution >= 4 is 33.4 Å². The molecule has 3 nitrogen and oxygen atoms in total. The molecule has 1 aromatic rings. The second kappa shape index (κ2) is 3.88. The van der Waals surface area contributed by atoms with Gasteiger partial charge in [-0.2, -0.15) is 0 Å². The number of nitrogens with zero attached hydrogens (tertiary/aromatic N) is 1. The van der Waals surface area contributed by atoms with Crippen LogP contribution in [0.2, 0.25) is 5.15 Å². The summed E-state index contributed by atoms with van der Waals surface area (Å²) in [5.74, 6) is -3.68. The molecule has 0 saturated heterocycles. The minimum atomic E-state index is -2.88. The molecule has 1 fully saturated rings. The lowest BCUT2D eigenvalue weighted by Crippen LogP contribution is -2.57. The highest BCUT2D eigenvalue weighted by atomic mass is 79.9. The molecule has 1 aliphatic carbocycles. The van der Waals surface area contributed by atoms with Gasteiger partial charge in [0, 0.05) is 17.3 Å². The number of rotatable bonds is 2. The van der Waals surface area contributed by atoms with Crippen LogP contribution in [0.25, 0.3) is 0 Å². The maximum Gasteiger partial charge on any atom is 0.251 e. The predicted molar refractivity (Wildman–Crippen MR) is 62.0 cm³/mol. The molecule has 1 aromatic heterocycles. The van der Waals surface area contributed by atoms with Gasteiger partial charge < -0.3 is 5.73 Å². The Labute approximate surface area is 109 Å². The first-order chi connectivity index (χ1) is 7.77. The summed E-state index contributed by atoms with van der Waals surface area (Å²) in [7, 11) is 0. The average molecular weight is 326 g/mol. The number of amides is 1. The van der Waals surface area contributed by atoms with Crippen LogP contribution in [0.3, 0.4) is 0 Å². The molecule has 0 atom stereocenters. The minimum absolute atomic E-state index is 0.138. The van der Waals surface area contributed by atoms with Crippen molar-refractivity contribution in [1.29, 1.82) is 0 Å². The Morgan fingerprint density at radius 2 is 2.06 bits per heavy atom. The topological polar surface area (TPSA) is 56.0 Å². The molecule has 0 unspecified atom stereocenters. The van der Waals surface area contributed by atoms with E-state index in [1.165, 1.54) is 6.07 Å². The first-order valence-electron chi connectivity index (χ1n) is 4.77. The summed E-state index contributed by atoms with van der Waals surface area (Å²) in [6.07, 6.45) is -1.25. The van der Waals surface area contributed by atoms with Crippen LogP contribution in [-0.2, 0) is 10.2 Å². The van der Waals surface area contributed by atoms with E-state index in [1.807, 2.05) is 0 Å². The van der Waals surface area contributed by atoms with Crippen LogP contribution in [0, 0.1) is 0 Å². The van der Waals surface area contributed by atoms with Crippen molar-refractivity contribution < 1.29 is 13.6 Å². The summed E-state index contributed by atoms with van der Waals surface area (Å²) in [6.45, 7) is 0. The molecule has 92 valence electrons. The van der Waals surface area contributed by atoms with Crippen LogP contribution >= 0.6 is 27.5 Å². The number of carbonyl (C=O) groups is 1. The lowest BCUT2D eigenvalue weighted by molar-refractivity contribution is -0.156. The van der Waals surface area contributed by atoms with Crippen molar-refractivity contribution in [1.82, 2.24) is 4.98 Å². The van der Waals surface area contributed by atoms with E-state index in [4.69, 9.17) is 17.3 Å². The molecule has 1 saturated carbocycles. The molecule has 1 amide bonds. The van der Waals surface area contributed by atoms with Crippen LogP contribution in [0.1, 0.15) is 18.5 Å². The molecule has 0 bridgehead atoms. The maximum atomic E-state index is 13.0. The van der Waals surface area contributed by atoms with Crippen LogP contribution in [0.5, 0.6) is 0 Å². The third-order valence-corrected chi connectivity index (χ3v) is 3.71. The van der Waals surface area contributed by atoms with Gasteiger partial charge >= 0.3 is 0 Å². The van der Waals surface area contributed by atoms with Gasteiger partial charge in [-0.1, -0.05) is 11.6 Å². The quantitative estimate of drug-likeness (QED) is 0.850. The van der Waals surface area contributed by atoms with Crippen molar-refractivity contribution in [2.24, 2.45) is 5.73 Å². The zero-order valence-corrected chi connectivity index (χ0v) is 10.9. The van der Waals surface area contributed by atoms with Crippen molar-refractivity contribution in [2.75, 3.05) is 0 Å². The molecular weight excluding hydrogens is 317 g/mol. The predicted octanol–water partition coefficient (Wildman–Crippen LogP) is 2.65. The van der Waals surface area contributed by atoms with E-state index in [1.54, 1.807) is 6.07 Å². The van der Waals surface area contributed by atoms with Crippen molar-refractivity contribution in [2.45, 2.75) is 24.2 Å². The van der Waals surface area contributed by atoms with Crippen molar-refractivity contribution in [3.63, 3.8) is 0 Å². The van der Waals surface area contributed by atoms with Crippen molar-refractivity contribution in [3.8, 4) is 0 Å². The Hall–Kier alpha value is -0.750. The van der Waals surface area contributed by atoms with Crippen LogP contribution in [0.4, 0.5) is 8.78 Å². The fourth-order valence-electron chi connectivity index (χ4n) is 2.04. The highest BCUT2D eigenvalue weighted by Gasteiger charge is 2.62. The fourth-order valence-corrected chi connectivity index (χ4v) is 2.79. The van der Waals surface area contributed by atoms with Gasteiger partial charge in [-0.15, -0.1) is 0 Å². The number of nitrogens with two attached hydrogens (primary N) is 1. The van der Waals surface area contributed by atoms with Gasteiger partial charge in [0.15, 0.2) is 0 Å². The Balaban J connectivity index is 2.49. The monoisotopic (exact) mass is 324 g/mol.